The standard InChI is InChI=1S/C21H28N4O/c1-16-18(21(26)24(2)3)15-22-20(23-16)19-11-7-8-13-25(19)14-12-17-9-5-4-6-10-17/h4-6,9-10,15,19H,7-8,11-14H2,1-3H3/t19-/m1/s1. The van der Waals surface area contributed by atoms with Crippen molar-refractivity contribution in [2.75, 3.05) is 27.2 Å². The number of nitrogens with zero attached hydrogens (tertiary/aromatic N) is 4. The first kappa shape index (κ1) is 18.5. The summed E-state index contributed by atoms with van der Waals surface area (Å²) in [4.78, 5) is 25.6. The summed E-state index contributed by atoms with van der Waals surface area (Å²) in [5.74, 6) is 0.809. The predicted octanol–water partition coefficient (Wildman–Crippen LogP) is 3.26. The topological polar surface area (TPSA) is 49.3 Å². The van der Waals surface area contributed by atoms with Crippen LogP contribution in [0.5, 0.6) is 0 Å². The van der Waals surface area contributed by atoms with E-state index in [4.69, 9.17) is 4.98 Å². The fourth-order valence-corrected chi connectivity index (χ4v) is 3.56. The molecule has 0 aliphatic carbocycles. The van der Waals surface area contributed by atoms with Crippen molar-refractivity contribution in [3.8, 4) is 0 Å². The number of rotatable bonds is 5. The van der Waals surface area contributed by atoms with Crippen molar-refractivity contribution in [1.82, 2.24) is 19.8 Å². The van der Waals surface area contributed by atoms with Crippen molar-refractivity contribution >= 4 is 5.91 Å². The molecule has 1 aliphatic rings. The van der Waals surface area contributed by atoms with Gasteiger partial charge < -0.3 is 4.90 Å². The van der Waals surface area contributed by atoms with Crippen LogP contribution in [0, 0.1) is 6.92 Å². The Labute approximate surface area is 156 Å². The average Bonchev–Trinajstić information content (AvgIpc) is 2.66. The van der Waals surface area contributed by atoms with E-state index >= 15 is 0 Å². The lowest BCUT2D eigenvalue weighted by molar-refractivity contribution is 0.0825. The van der Waals surface area contributed by atoms with Gasteiger partial charge in [-0.15, -0.1) is 0 Å². The molecule has 1 atom stereocenters. The number of aryl methyl sites for hydroxylation is 1. The van der Waals surface area contributed by atoms with E-state index < -0.39 is 0 Å². The number of hydrogen-bond donors (Lipinski definition) is 0. The Kier molecular flexibility index (Phi) is 5.99. The van der Waals surface area contributed by atoms with Crippen molar-refractivity contribution in [2.45, 2.75) is 38.6 Å². The van der Waals surface area contributed by atoms with Crippen LogP contribution in [-0.4, -0.2) is 52.9 Å². The summed E-state index contributed by atoms with van der Waals surface area (Å²) >= 11 is 0. The smallest absolute Gasteiger partial charge is 0.256 e. The van der Waals surface area contributed by atoms with Gasteiger partial charge in [0.25, 0.3) is 5.91 Å². The minimum atomic E-state index is -0.0429. The molecular weight excluding hydrogens is 324 g/mol. The quantitative estimate of drug-likeness (QED) is 0.829. The largest absolute Gasteiger partial charge is 0.345 e. The van der Waals surface area contributed by atoms with E-state index in [0.29, 0.717) is 5.56 Å². The van der Waals surface area contributed by atoms with E-state index in [1.54, 1.807) is 25.2 Å². The summed E-state index contributed by atoms with van der Waals surface area (Å²) in [6.45, 7) is 3.99. The van der Waals surface area contributed by atoms with E-state index in [2.05, 4.69) is 40.2 Å². The molecule has 1 amide bonds. The summed E-state index contributed by atoms with van der Waals surface area (Å²) in [5, 5.41) is 0. The molecule has 2 aromatic rings. The molecule has 2 heterocycles. The highest BCUT2D eigenvalue weighted by Crippen LogP contribution is 2.29. The Balaban J connectivity index is 1.75. The monoisotopic (exact) mass is 352 g/mol. The second-order valence-electron chi connectivity index (χ2n) is 7.21. The van der Waals surface area contributed by atoms with Gasteiger partial charge in [0, 0.05) is 26.8 Å². The van der Waals surface area contributed by atoms with Crippen LogP contribution in [0.2, 0.25) is 0 Å². The molecule has 0 spiro atoms. The second kappa shape index (κ2) is 8.41. The van der Waals surface area contributed by atoms with Crippen LogP contribution < -0.4 is 0 Å². The van der Waals surface area contributed by atoms with Crippen molar-refractivity contribution < 1.29 is 4.79 Å². The average molecular weight is 352 g/mol. The molecule has 5 heteroatoms. The molecule has 1 aromatic heterocycles. The third-order valence-electron chi connectivity index (χ3n) is 5.08. The van der Waals surface area contributed by atoms with Crippen LogP contribution in [0.1, 0.15) is 52.7 Å². The van der Waals surface area contributed by atoms with Gasteiger partial charge in [0.05, 0.1) is 17.3 Å². The van der Waals surface area contributed by atoms with Crippen LogP contribution in [0.25, 0.3) is 0 Å². The number of benzene rings is 1. The molecule has 1 aliphatic heterocycles. The van der Waals surface area contributed by atoms with E-state index in [9.17, 15) is 4.79 Å². The first-order chi connectivity index (χ1) is 12.6. The number of piperidine rings is 1. The highest BCUT2D eigenvalue weighted by atomic mass is 16.2. The number of amides is 1. The summed E-state index contributed by atoms with van der Waals surface area (Å²) in [6, 6.07) is 10.9. The van der Waals surface area contributed by atoms with E-state index in [1.165, 1.54) is 18.4 Å². The third-order valence-corrected chi connectivity index (χ3v) is 5.08. The lowest BCUT2D eigenvalue weighted by Crippen LogP contribution is -2.36. The van der Waals surface area contributed by atoms with Gasteiger partial charge in [-0.05, 0) is 38.3 Å². The Bertz CT molecular complexity index is 745. The first-order valence-corrected chi connectivity index (χ1v) is 9.39. The van der Waals surface area contributed by atoms with Crippen molar-refractivity contribution in [1.29, 1.82) is 0 Å². The summed E-state index contributed by atoms with van der Waals surface area (Å²) in [7, 11) is 3.50. The summed E-state index contributed by atoms with van der Waals surface area (Å²) in [6.07, 6.45) is 6.24. The van der Waals surface area contributed by atoms with E-state index in [1.807, 2.05) is 6.92 Å². The van der Waals surface area contributed by atoms with Crippen LogP contribution in [0.3, 0.4) is 0 Å². The van der Waals surface area contributed by atoms with Crippen molar-refractivity contribution in [3.05, 3.63) is 59.2 Å². The zero-order valence-electron chi connectivity index (χ0n) is 16.0. The fraction of sp³-hybridized carbons (Fsp3) is 0.476. The normalized spacial score (nSPS) is 17.9. The highest BCUT2D eigenvalue weighted by molar-refractivity contribution is 5.94. The molecular formula is C21H28N4O. The third kappa shape index (κ3) is 4.28. The lowest BCUT2D eigenvalue weighted by atomic mass is 10.00. The first-order valence-electron chi connectivity index (χ1n) is 9.39. The zero-order chi connectivity index (χ0) is 18.5. The Morgan fingerprint density at radius 3 is 2.69 bits per heavy atom. The fourth-order valence-electron chi connectivity index (χ4n) is 3.56. The van der Waals surface area contributed by atoms with Gasteiger partial charge in [-0.25, -0.2) is 9.97 Å². The number of aromatic nitrogens is 2. The molecule has 0 radical (unpaired) electrons. The van der Waals surface area contributed by atoms with Gasteiger partial charge in [-0.2, -0.15) is 0 Å². The van der Waals surface area contributed by atoms with Crippen molar-refractivity contribution in [3.63, 3.8) is 0 Å². The molecule has 0 unspecified atom stereocenters. The number of carbonyl (C=O) groups is 1. The van der Waals surface area contributed by atoms with Gasteiger partial charge >= 0.3 is 0 Å². The maximum atomic E-state index is 12.2. The predicted molar refractivity (Wildman–Crippen MR) is 103 cm³/mol. The maximum absolute atomic E-state index is 12.2. The summed E-state index contributed by atoms with van der Waals surface area (Å²) < 4.78 is 0. The van der Waals surface area contributed by atoms with Crippen molar-refractivity contribution in [2.24, 2.45) is 0 Å². The minimum absolute atomic E-state index is 0.0429. The Morgan fingerprint density at radius 1 is 1.23 bits per heavy atom. The SMILES string of the molecule is Cc1nc([C@H]2CCCCN2CCc2ccccc2)ncc1C(=O)N(C)C. The van der Waals surface area contributed by atoms with E-state index in [-0.39, 0.29) is 11.9 Å². The summed E-state index contributed by atoms with van der Waals surface area (Å²) in [5.41, 5.74) is 2.72. The van der Waals surface area contributed by atoms with Gasteiger partial charge in [0.1, 0.15) is 5.82 Å². The number of likely N-dealkylation sites (tertiary alicyclic amines) is 1. The zero-order valence-corrected chi connectivity index (χ0v) is 16.0. The van der Waals surface area contributed by atoms with E-state index in [0.717, 1.165) is 37.4 Å². The molecule has 1 aromatic carbocycles. The molecule has 0 N–H and O–H groups in total. The van der Waals surface area contributed by atoms with Crippen LogP contribution in [0.4, 0.5) is 0 Å². The highest BCUT2D eigenvalue weighted by Gasteiger charge is 2.27. The van der Waals surface area contributed by atoms with Gasteiger partial charge in [-0.3, -0.25) is 9.69 Å². The van der Waals surface area contributed by atoms with Gasteiger partial charge in [-0.1, -0.05) is 36.8 Å². The second-order valence-corrected chi connectivity index (χ2v) is 7.21. The molecule has 0 saturated carbocycles. The Morgan fingerprint density at radius 2 is 2.00 bits per heavy atom. The molecule has 26 heavy (non-hydrogen) atoms. The van der Waals surface area contributed by atoms with Crippen LogP contribution in [-0.2, 0) is 6.42 Å². The molecule has 138 valence electrons. The molecule has 0 bridgehead atoms. The van der Waals surface area contributed by atoms with Crippen LogP contribution >= 0.6 is 0 Å². The Hall–Kier alpha value is -2.27. The van der Waals surface area contributed by atoms with Gasteiger partial charge in [0.2, 0.25) is 0 Å². The lowest BCUT2D eigenvalue weighted by Gasteiger charge is -2.34. The van der Waals surface area contributed by atoms with Crippen LogP contribution in [0.15, 0.2) is 36.5 Å². The molecule has 1 saturated heterocycles. The molecule has 3 rings (SSSR count). The molecule has 5 nitrogen and oxygen atoms in total. The maximum Gasteiger partial charge on any atom is 0.256 e. The number of hydrogen-bond acceptors (Lipinski definition) is 4. The minimum Gasteiger partial charge on any atom is -0.345 e. The number of carbonyl (C=O) groups excluding carboxylic acids is 1. The van der Waals surface area contributed by atoms with Gasteiger partial charge in [0.15, 0.2) is 0 Å². The molecule has 1 fully saturated rings.